The smallest absolute Gasteiger partial charge is 0.325 e. The monoisotopic (exact) mass is 444 g/mol. The number of thiazole rings is 1. The van der Waals surface area contributed by atoms with Crippen molar-refractivity contribution in [3.05, 3.63) is 46.8 Å². The van der Waals surface area contributed by atoms with Crippen molar-refractivity contribution in [1.29, 1.82) is 0 Å². The highest BCUT2D eigenvalue weighted by molar-refractivity contribution is 7.16. The molecule has 0 radical (unpaired) electrons. The van der Waals surface area contributed by atoms with E-state index in [2.05, 4.69) is 4.99 Å². The molecule has 0 N–H and O–H groups in total. The summed E-state index contributed by atoms with van der Waals surface area (Å²) in [6.07, 6.45) is 0.0804. The molecular formula is C22H24N2O6S. The molecule has 0 unspecified atom stereocenters. The first-order valence-electron chi connectivity index (χ1n) is 9.60. The van der Waals surface area contributed by atoms with E-state index < -0.39 is 5.97 Å². The Morgan fingerprint density at radius 3 is 2.48 bits per heavy atom. The Hall–Kier alpha value is -3.33. The Morgan fingerprint density at radius 1 is 1.03 bits per heavy atom. The van der Waals surface area contributed by atoms with E-state index in [1.807, 2.05) is 25.1 Å². The van der Waals surface area contributed by atoms with E-state index in [1.54, 1.807) is 29.9 Å². The zero-order valence-corrected chi connectivity index (χ0v) is 18.7. The van der Waals surface area contributed by atoms with Crippen molar-refractivity contribution in [2.24, 2.45) is 4.99 Å². The fourth-order valence-electron chi connectivity index (χ4n) is 3.05. The number of carbonyl (C=O) groups is 2. The first-order valence-corrected chi connectivity index (χ1v) is 10.4. The third-order valence-corrected chi connectivity index (χ3v) is 5.54. The maximum atomic E-state index is 12.7. The van der Waals surface area contributed by atoms with E-state index in [-0.39, 0.29) is 18.9 Å². The van der Waals surface area contributed by atoms with Crippen LogP contribution in [0, 0.1) is 0 Å². The van der Waals surface area contributed by atoms with Crippen LogP contribution < -0.4 is 19.0 Å². The van der Waals surface area contributed by atoms with Gasteiger partial charge in [-0.1, -0.05) is 17.4 Å². The zero-order chi connectivity index (χ0) is 22.4. The number of benzene rings is 2. The SMILES string of the molecule is CCOc1ccc2c(c1)sc(=NC(=O)Cc1ccc(OC)c(OC)c1)n2CC(=O)OC. The van der Waals surface area contributed by atoms with Crippen LogP contribution in [0.2, 0.25) is 0 Å². The van der Waals surface area contributed by atoms with Gasteiger partial charge in [-0.3, -0.25) is 9.59 Å². The number of ether oxygens (including phenoxy) is 4. The van der Waals surface area contributed by atoms with Crippen LogP contribution in [0.4, 0.5) is 0 Å². The summed E-state index contributed by atoms with van der Waals surface area (Å²) < 4.78 is 23.4. The second-order valence-electron chi connectivity index (χ2n) is 6.48. The van der Waals surface area contributed by atoms with Gasteiger partial charge in [0, 0.05) is 0 Å². The molecule has 1 heterocycles. The summed E-state index contributed by atoms with van der Waals surface area (Å²) >= 11 is 1.31. The molecule has 0 aliphatic rings. The number of esters is 1. The average Bonchev–Trinajstić information content (AvgIpc) is 3.09. The van der Waals surface area contributed by atoms with Gasteiger partial charge >= 0.3 is 5.97 Å². The summed E-state index contributed by atoms with van der Waals surface area (Å²) in [5, 5.41) is 0. The number of fused-ring (bicyclic) bond motifs is 1. The molecule has 0 saturated heterocycles. The lowest BCUT2D eigenvalue weighted by atomic mass is 10.1. The predicted octanol–water partition coefficient (Wildman–Crippen LogP) is 2.96. The highest BCUT2D eigenvalue weighted by atomic mass is 32.1. The van der Waals surface area contributed by atoms with Gasteiger partial charge in [0.25, 0.3) is 5.91 Å². The Balaban J connectivity index is 1.98. The molecule has 0 bridgehead atoms. The molecule has 9 heteroatoms. The fourth-order valence-corrected chi connectivity index (χ4v) is 4.13. The predicted molar refractivity (Wildman–Crippen MR) is 117 cm³/mol. The van der Waals surface area contributed by atoms with Gasteiger partial charge in [-0.2, -0.15) is 4.99 Å². The molecule has 0 aliphatic heterocycles. The average molecular weight is 445 g/mol. The summed E-state index contributed by atoms with van der Waals surface area (Å²) in [7, 11) is 4.41. The molecule has 0 saturated carbocycles. The lowest BCUT2D eigenvalue weighted by Crippen LogP contribution is -2.22. The van der Waals surface area contributed by atoms with Crippen LogP contribution in [0.15, 0.2) is 41.4 Å². The number of aromatic nitrogens is 1. The molecule has 8 nitrogen and oxygen atoms in total. The van der Waals surface area contributed by atoms with Crippen LogP contribution in [-0.4, -0.2) is 44.4 Å². The van der Waals surface area contributed by atoms with Gasteiger partial charge in [-0.05, 0) is 42.8 Å². The van der Waals surface area contributed by atoms with Crippen molar-refractivity contribution < 1.29 is 28.5 Å². The lowest BCUT2D eigenvalue weighted by molar-refractivity contribution is -0.141. The largest absolute Gasteiger partial charge is 0.494 e. The highest BCUT2D eigenvalue weighted by Gasteiger charge is 2.14. The van der Waals surface area contributed by atoms with E-state index >= 15 is 0 Å². The lowest BCUT2D eigenvalue weighted by Gasteiger charge is -2.08. The van der Waals surface area contributed by atoms with Crippen LogP contribution in [0.1, 0.15) is 12.5 Å². The van der Waals surface area contributed by atoms with Gasteiger partial charge < -0.3 is 23.5 Å². The van der Waals surface area contributed by atoms with Gasteiger partial charge in [0.1, 0.15) is 12.3 Å². The molecule has 3 rings (SSSR count). The van der Waals surface area contributed by atoms with Crippen molar-refractivity contribution in [3.63, 3.8) is 0 Å². The molecule has 0 fully saturated rings. The number of methoxy groups -OCH3 is 3. The number of carbonyl (C=O) groups excluding carboxylic acids is 2. The number of hydrogen-bond acceptors (Lipinski definition) is 7. The standard InChI is InChI=1S/C22H24N2O6S/c1-5-30-15-7-8-16-19(12-15)31-22(24(16)13-21(26)29-4)23-20(25)11-14-6-9-17(27-2)18(10-14)28-3/h6-10,12H,5,11,13H2,1-4H3. The maximum Gasteiger partial charge on any atom is 0.325 e. The molecule has 0 atom stereocenters. The number of hydrogen-bond donors (Lipinski definition) is 0. The molecule has 3 aromatic rings. The second kappa shape index (κ2) is 10.1. The highest BCUT2D eigenvalue weighted by Crippen LogP contribution is 2.28. The van der Waals surface area contributed by atoms with Gasteiger partial charge in [0.05, 0.1) is 44.6 Å². The van der Waals surface area contributed by atoms with Crippen LogP contribution in [0.25, 0.3) is 10.2 Å². The summed E-state index contributed by atoms with van der Waals surface area (Å²) in [6, 6.07) is 10.8. The Labute approximate surface area is 183 Å². The van der Waals surface area contributed by atoms with E-state index in [9.17, 15) is 9.59 Å². The first-order chi connectivity index (χ1) is 15.0. The third kappa shape index (κ3) is 5.24. The molecule has 1 amide bonds. The summed E-state index contributed by atoms with van der Waals surface area (Å²) in [5.41, 5.74) is 1.52. The molecule has 0 aliphatic carbocycles. The Kier molecular flexibility index (Phi) is 7.30. The minimum Gasteiger partial charge on any atom is -0.494 e. The normalized spacial score (nSPS) is 11.4. The van der Waals surface area contributed by atoms with Crippen molar-refractivity contribution in [1.82, 2.24) is 4.57 Å². The van der Waals surface area contributed by atoms with Crippen LogP contribution in [-0.2, 0) is 27.3 Å². The molecule has 0 spiro atoms. The van der Waals surface area contributed by atoms with Gasteiger partial charge in [0.15, 0.2) is 16.3 Å². The minimum atomic E-state index is -0.428. The molecule has 164 valence electrons. The van der Waals surface area contributed by atoms with E-state index in [4.69, 9.17) is 18.9 Å². The molecular weight excluding hydrogens is 420 g/mol. The summed E-state index contributed by atoms with van der Waals surface area (Å²) in [6.45, 7) is 2.40. The quantitative estimate of drug-likeness (QED) is 0.497. The second-order valence-corrected chi connectivity index (χ2v) is 7.49. The number of amides is 1. The van der Waals surface area contributed by atoms with Crippen LogP contribution in [0.5, 0.6) is 17.2 Å². The Morgan fingerprint density at radius 2 is 1.81 bits per heavy atom. The van der Waals surface area contributed by atoms with Crippen LogP contribution >= 0.6 is 11.3 Å². The van der Waals surface area contributed by atoms with Crippen molar-refractivity contribution in [3.8, 4) is 17.2 Å². The van der Waals surface area contributed by atoms with Crippen molar-refractivity contribution in [2.75, 3.05) is 27.9 Å². The van der Waals surface area contributed by atoms with Crippen molar-refractivity contribution in [2.45, 2.75) is 19.9 Å². The van der Waals surface area contributed by atoms with Crippen LogP contribution in [0.3, 0.4) is 0 Å². The molecule has 2 aromatic carbocycles. The number of nitrogens with zero attached hydrogens (tertiary/aromatic N) is 2. The zero-order valence-electron chi connectivity index (χ0n) is 17.8. The van der Waals surface area contributed by atoms with E-state index in [0.717, 1.165) is 15.8 Å². The maximum absolute atomic E-state index is 12.7. The van der Waals surface area contributed by atoms with Gasteiger partial charge in [-0.25, -0.2) is 0 Å². The fraction of sp³-hybridized carbons (Fsp3) is 0.318. The minimum absolute atomic E-state index is 0.0487. The first kappa shape index (κ1) is 22.4. The molecule has 31 heavy (non-hydrogen) atoms. The molecule has 1 aromatic heterocycles. The van der Waals surface area contributed by atoms with E-state index in [1.165, 1.54) is 25.6 Å². The topological polar surface area (TPSA) is 88.4 Å². The Bertz CT molecular complexity index is 1160. The number of rotatable bonds is 8. The van der Waals surface area contributed by atoms with Gasteiger partial charge in [-0.15, -0.1) is 0 Å². The van der Waals surface area contributed by atoms with E-state index in [0.29, 0.717) is 28.7 Å². The van der Waals surface area contributed by atoms with Crippen molar-refractivity contribution >= 4 is 33.4 Å². The summed E-state index contributed by atoms with van der Waals surface area (Å²) in [5.74, 6) is 1.06. The third-order valence-electron chi connectivity index (χ3n) is 4.50. The van der Waals surface area contributed by atoms with Gasteiger partial charge in [0.2, 0.25) is 0 Å². The summed E-state index contributed by atoms with van der Waals surface area (Å²) in [4.78, 5) is 29.3.